The lowest BCUT2D eigenvalue weighted by Gasteiger charge is -2.22. The van der Waals surface area contributed by atoms with Gasteiger partial charge in [0.1, 0.15) is 6.54 Å². The van der Waals surface area contributed by atoms with E-state index < -0.39 is 30.5 Å². The first-order valence-corrected chi connectivity index (χ1v) is 6.83. The quantitative estimate of drug-likeness (QED) is 0.838. The Bertz CT molecular complexity index is 589. The molecule has 1 atom stereocenters. The zero-order valence-corrected chi connectivity index (χ0v) is 12.6. The summed E-state index contributed by atoms with van der Waals surface area (Å²) >= 11 is 0. The van der Waals surface area contributed by atoms with Gasteiger partial charge in [-0.1, -0.05) is 0 Å². The van der Waals surface area contributed by atoms with Gasteiger partial charge in [0.2, 0.25) is 17.7 Å². The standard InChI is InChI=1S/C14H16F3N3O3/c1-19(10-3-4-11(23-2)18-6-10)13(22)9-5-12(21)20(7-9)8-14(15,16)17/h3-4,6,9H,5,7-8H2,1-2H3/t9-/m0/s1. The molecule has 0 spiro atoms. The summed E-state index contributed by atoms with van der Waals surface area (Å²) in [5, 5.41) is 0. The van der Waals surface area contributed by atoms with Crippen LogP contribution in [0, 0.1) is 5.92 Å². The van der Waals surface area contributed by atoms with Gasteiger partial charge >= 0.3 is 6.18 Å². The van der Waals surface area contributed by atoms with Crippen molar-refractivity contribution < 1.29 is 27.5 Å². The SMILES string of the molecule is COc1ccc(N(C)C(=O)[C@H]2CC(=O)N(CC(F)(F)F)C2)cn1. The number of pyridine rings is 1. The molecule has 6 nitrogen and oxygen atoms in total. The van der Waals surface area contributed by atoms with Crippen LogP contribution in [-0.2, 0) is 9.59 Å². The van der Waals surface area contributed by atoms with Crippen LogP contribution in [0.3, 0.4) is 0 Å². The number of amides is 2. The molecule has 2 rings (SSSR count). The molecule has 1 aliphatic rings. The summed E-state index contributed by atoms with van der Waals surface area (Å²) in [6.07, 6.45) is -3.27. The first-order chi connectivity index (χ1) is 10.7. The van der Waals surface area contributed by atoms with Crippen molar-refractivity contribution >= 4 is 17.5 Å². The molecule has 1 fully saturated rings. The number of carbonyl (C=O) groups is 2. The molecule has 1 aliphatic heterocycles. The molecule has 0 saturated carbocycles. The van der Waals surface area contributed by atoms with Gasteiger partial charge in [0.15, 0.2) is 0 Å². The third kappa shape index (κ3) is 4.11. The summed E-state index contributed by atoms with van der Waals surface area (Å²) in [5.74, 6) is -1.50. The summed E-state index contributed by atoms with van der Waals surface area (Å²) in [5.41, 5.74) is 0.470. The van der Waals surface area contributed by atoms with Crippen molar-refractivity contribution in [1.29, 1.82) is 0 Å². The maximum absolute atomic E-state index is 12.4. The summed E-state index contributed by atoms with van der Waals surface area (Å²) in [4.78, 5) is 29.9. The topological polar surface area (TPSA) is 62.7 Å². The third-order valence-corrected chi connectivity index (χ3v) is 3.58. The molecule has 126 valence electrons. The van der Waals surface area contributed by atoms with E-state index in [1.165, 1.54) is 25.3 Å². The summed E-state index contributed by atoms with van der Waals surface area (Å²) in [6.45, 7) is -1.56. The number of methoxy groups -OCH3 is 1. The summed E-state index contributed by atoms with van der Waals surface area (Å²) in [7, 11) is 2.94. The Hall–Kier alpha value is -2.32. The summed E-state index contributed by atoms with van der Waals surface area (Å²) in [6, 6.07) is 3.17. The largest absolute Gasteiger partial charge is 0.481 e. The second-order valence-corrected chi connectivity index (χ2v) is 5.25. The molecule has 1 aromatic heterocycles. The number of alkyl halides is 3. The van der Waals surface area contributed by atoms with Crippen molar-refractivity contribution in [2.75, 3.05) is 32.1 Å². The van der Waals surface area contributed by atoms with Crippen LogP contribution in [0.5, 0.6) is 5.88 Å². The Labute approximate surface area is 130 Å². The normalized spacial score (nSPS) is 18.2. The molecule has 1 aromatic rings. The fourth-order valence-corrected chi connectivity index (χ4v) is 2.40. The lowest BCUT2D eigenvalue weighted by Crippen LogP contribution is -2.37. The van der Waals surface area contributed by atoms with Crippen LogP contribution < -0.4 is 9.64 Å². The molecule has 0 N–H and O–H groups in total. The second-order valence-electron chi connectivity index (χ2n) is 5.25. The Morgan fingerprint density at radius 3 is 2.70 bits per heavy atom. The fraction of sp³-hybridized carbons (Fsp3) is 0.500. The van der Waals surface area contributed by atoms with Crippen molar-refractivity contribution in [2.45, 2.75) is 12.6 Å². The Kier molecular flexibility index (Phi) is 4.76. The Balaban J connectivity index is 2.03. The van der Waals surface area contributed by atoms with Gasteiger partial charge in [0, 0.05) is 26.1 Å². The second kappa shape index (κ2) is 6.43. The molecule has 23 heavy (non-hydrogen) atoms. The highest BCUT2D eigenvalue weighted by Gasteiger charge is 2.41. The van der Waals surface area contributed by atoms with E-state index in [0.29, 0.717) is 16.5 Å². The minimum absolute atomic E-state index is 0.219. The number of aromatic nitrogens is 1. The Morgan fingerprint density at radius 2 is 2.17 bits per heavy atom. The molecule has 0 aromatic carbocycles. The first-order valence-electron chi connectivity index (χ1n) is 6.83. The van der Waals surface area contributed by atoms with Crippen LogP contribution in [0.2, 0.25) is 0 Å². The molecule has 2 heterocycles. The van der Waals surface area contributed by atoms with Crippen LogP contribution in [0.1, 0.15) is 6.42 Å². The third-order valence-electron chi connectivity index (χ3n) is 3.58. The number of nitrogens with zero attached hydrogens (tertiary/aromatic N) is 3. The molecule has 0 radical (unpaired) electrons. The van der Waals surface area contributed by atoms with Crippen LogP contribution in [-0.4, -0.2) is 55.1 Å². The van der Waals surface area contributed by atoms with Crippen LogP contribution >= 0.6 is 0 Å². The lowest BCUT2D eigenvalue weighted by atomic mass is 10.1. The minimum atomic E-state index is -4.47. The van der Waals surface area contributed by atoms with Crippen molar-refractivity contribution in [1.82, 2.24) is 9.88 Å². The van der Waals surface area contributed by atoms with Crippen LogP contribution in [0.4, 0.5) is 18.9 Å². The van der Waals surface area contributed by atoms with Gasteiger partial charge in [-0.2, -0.15) is 13.2 Å². The van der Waals surface area contributed by atoms with Crippen LogP contribution in [0.25, 0.3) is 0 Å². The smallest absolute Gasteiger partial charge is 0.406 e. The fourth-order valence-electron chi connectivity index (χ4n) is 2.40. The highest BCUT2D eigenvalue weighted by atomic mass is 19.4. The van der Waals surface area contributed by atoms with Gasteiger partial charge in [-0.25, -0.2) is 4.98 Å². The van der Waals surface area contributed by atoms with E-state index in [-0.39, 0.29) is 13.0 Å². The number of hydrogen-bond acceptors (Lipinski definition) is 4. The number of carbonyl (C=O) groups excluding carboxylic acids is 2. The van der Waals surface area contributed by atoms with Crippen molar-refractivity contribution in [3.05, 3.63) is 18.3 Å². The number of ether oxygens (including phenoxy) is 1. The predicted octanol–water partition coefficient (Wildman–Crippen LogP) is 1.46. The zero-order chi connectivity index (χ0) is 17.2. The molecular weight excluding hydrogens is 315 g/mol. The zero-order valence-electron chi connectivity index (χ0n) is 12.6. The van der Waals surface area contributed by atoms with Crippen molar-refractivity contribution in [3.63, 3.8) is 0 Å². The van der Waals surface area contributed by atoms with E-state index in [4.69, 9.17) is 4.74 Å². The van der Waals surface area contributed by atoms with E-state index >= 15 is 0 Å². The molecule has 9 heteroatoms. The van der Waals surface area contributed by atoms with Gasteiger partial charge in [-0.15, -0.1) is 0 Å². The number of hydrogen-bond donors (Lipinski definition) is 0. The molecule has 2 amide bonds. The average molecular weight is 331 g/mol. The van der Waals surface area contributed by atoms with E-state index in [0.717, 1.165) is 0 Å². The first kappa shape index (κ1) is 17.0. The van der Waals surface area contributed by atoms with Crippen molar-refractivity contribution in [2.24, 2.45) is 5.92 Å². The average Bonchev–Trinajstić information content (AvgIpc) is 2.85. The van der Waals surface area contributed by atoms with E-state index in [2.05, 4.69) is 4.98 Å². The number of rotatable bonds is 4. The molecule has 1 saturated heterocycles. The van der Waals surface area contributed by atoms with Gasteiger partial charge in [0.05, 0.1) is 24.9 Å². The van der Waals surface area contributed by atoms with Gasteiger partial charge in [0.25, 0.3) is 0 Å². The predicted molar refractivity (Wildman–Crippen MR) is 74.9 cm³/mol. The number of anilines is 1. The molecule has 0 unspecified atom stereocenters. The highest BCUT2D eigenvalue weighted by molar-refractivity contribution is 5.98. The van der Waals surface area contributed by atoms with Crippen molar-refractivity contribution in [3.8, 4) is 5.88 Å². The Morgan fingerprint density at radius 1 is 1.48 bits per heavy atom. The minimum Gasteiger partial charge on any atom is -0.481 e. The number of halogens is 3. The van der Waals surface area contributed by atoms with Crippen LogP contribution in [0.15, 0.2) is 18.3 Å². The van der Waals surface area contributed by atoms with Gasteiger partial charge < -0.3 is 14.5 Å². The maximum atomic E-state index is 12.4. The van der Waals surface area contributed by atoms with Gasteiger partial charge in [-0.05, 0) is 6.07 Å². The highest BCUT2D eigenvalue weighted by Crippen LogP contribution is 2.26. The van der Waals surface area contributed by atoms with E-state index in [9.17, 15) is 22.8 Å². The number of likely N-dealkylation sites (tertiary alicyclic amines) is 1. The van der Waals surface area contributed by atoms with E-state index in [1.54, 1.807) is 12.1 Å². The molecule has 0 aliphatic carbocycles. The molecule has 0 bridgehead atoms. The maximum Gasteiger partial charge on any atom is 0.406 e. The molecular formula is C14H16F3N3O3. The van der Waals surface area contributed by atoms with Gasteiger partial charge in [-0.3, -0.25) is 9.59 Å². The summed E-state index contributed by atoms with van der Waals surface area (Å²) < 4.78 is 42.1. The lowest BCUT2D eigenvalue weighted by molar-refractivity contribution is -0.157. The van der Waals surface area contributed by atoms with E-state index in [1.807, 2.05) is 0 Å². The monoisotopic (exact) mass is 331 g/mol.